The van der Waals surface area contributed by atoms with E-state index in [1.54, 1.807) is 0 Å². The number of hydrogen-bond donors (Lipinski definition) is 2. The summed E-state index contributed by atoms with van der Waals surface area (Å²) in [6.45, 7) is 5.81. The number of hydrazine groups is 1. The lowest BCUT2D eigenvalue weighted by atomic mass is 10.1. The molecule has 0 atom stereocenters. The summed E-state index contributed by atoms with van der Waals surface area (Å²) in [5.41, 5.74) is 0.471. The summed E-state index contributed by atoms with van der Waals surface area (Å²) in [5, 5.41) is 11.1. The summed E-state index contributed by atoms with van der Waals surface area (Å²) >= 11 is 0. The van der Waals surface area contributed by atoms with Gasteiger partial charge in [0.1, 0.15) is 0 Å². The lowest BCUT2D eigenvalue weighted by Gasteiger charge is -2.32. The molecule has 3 heteroatoms. The first-order valence-corrected chi connectivity index (χ1v) is 4.26. The van der Waals surface area contributed by atoms with Crippen LogP contribution >= 0.6 is 0 Å². The van der Waals surface area contributed by atoms with Crippen molar-refractivity contribution in [2.24, 2.45) is 5.84 Å². The Bertz CT molecular complexity index is 268. The van der Waals surface area contributed by atoms with Crippen molar-refractivity contribution in [3.8, 4) is 0 Å². The maximum Gasteiger partial charge on any atom is 0.209 e. The molecule has 0 aliphatic heterocycles. The average Bonchev–Trinajstić information content (AvgIpc) is 2.51. The number of hydrogen-bond acceptors (Lipinski definition) is 3. The second-order valence-corrected chi connectivity index (χ2v) is 4.04. The molecule has 72 valence electrons. The van der Waals surface area contributed by atoms with Gasteiger partial charge in [-0.2, -0.15) is 0 Å². The molecule has 0 bridgehead atoms. The molecule has 0 aromatic rings. The minimum Gasteiger partial charge on any atom is -0.493 e. The average molecular weight is 180 g/mol. The van der Waals surface area contributed by atoms with E-state index in [0.717, 1.165) is 5.57 Å². The molecule has 0 aromatic carbocycles. The van der Waals surface area contributed by atoms with Crippen molar-refractivity contribution < 1.29 is 5.11 Å². The van der Waals surface area contributed by atoms with Crippen LogP contribution in [0.1, 0.15) is 20.8 Å². The van der Waals surface area contributed by atoms with Crippen LogP contribution in [0.5, 0.6) is 0 Å². The molecule has 0 amide bonds. The molecule has 3 N–H and O–H groups in total. The Labute approximate surface area is 78.8 Å². The molecule has 0 heterocycles. The Hall–Kier alpha value is -1.22. The highest BCUT2D eigenvalue weighted by Gasteiger charge is 2.21. The van der Waals surface area contributed by atoms with Gasteiger partial charge in [0.2, 0.25) is 5.88 Å². The van der Waals surface area contributed by atoms with E-state index in [1.165, 1.54) is 5.01 Å². The summed E-state index contributed by atoms with van der Waals surface area (Å²) in [6, 6.07) is 0. The molecule has 0 fully saturated rings. The zero-order chi connectivity index (χ0) is 10.1. The molecule has 13 heavy (non-hydrogen) atoms. The fourth-order valence-corrected chi connectivity index (χ4v) is 0.980. The van der Waals surface area contributed by atoms with Crippen molar-refractivity contribution >= 4 is 0 Å². The lowest BCUT2D eigenvalue weighted by Crippen LogP contribution is -2.46. The minimum atomic E-state index is -0.276. The number of rotatable bonds is 1. The zero-order valence-corrected chi connectivity index (χ0v) is 8.28. The van der Waals surface area contributed by atoms with Gasteiger partial charge in [-0.1, -0.05) is 12.2 Å². The van der Waals surface area contributed by atoms with E-state index < -0.39 is 0 Å². The molecule has 0 aromatic heterocycles. The Morgan fingerprint density at radius 3 is 2.15 bits per heavy atom. The van der Waals surface area contributed by atoms with E-state index in [2.05, 4.69) is 0 Å². The van der Waals surface area contributed by atoms with Crippen LogP contribution in [0.4, 0.5) is 0 Å². The third kappa shape index (κ3) is 2.12. The highest BCUT2D eigenvalue weighted by Crippen LogP contribution is 2.19. The Morgan fingerprint density at radius 1 is 1.31 bits per heavy atom. The fraction of sp³-hybridized carbons (Fsp3) is 0.400. The van der Waals surface area contributed by atoms with Crippen LogP contribution in [-0.4, -0.2) is 15.7 Å². The van der Waals surface area contributed by atoms with Crippen LogP contribution in [0, 0.1) is 0 Å². The van der Waals surface area contributed by atoms with Crippen molar-refractivity contribution in [2.75, 3.05) is 0 Å². The topological polar surface area (TPSA) is 49.5 Å². The smallest absolute Gasteiger partial charge is 0.209 e. The number of aliphatic hydroxyl groups excluding tert-OH is 1. The van der Waals surface area contributed by atoms with Crippen LogP contribution in [0.2, 0.25) is 0 Å². The first kappa shape index (κ1) is 9.86. The van der Waals surface area contributed by atoms with Crippen molar-refractivity contribution in [1.82, 2.24) is 5.01 Å². The monoisotopic (exact) mass is 180 g/mol. The van der Waals surface area contributed by atoms with Crippen LogP contribution in [0.15, 0.2) is 35.8 Å². The van der Waals surface area contributed by atoms with Gasteiger partial charge in [-0.25, -0.2) is 5.84 Å². The van der Waals surface area contributed by atoms with Crippen molar-refractivity contribution in [3.63, 3.8) is 0 Å². The predicted octanol–water partition coefficient (Wildman–Crippen LogP) is 1.86. The fourth-order valence-electron chi connectivity index (χ4n) is 0.980. The van der Waals surface area contributed by atoms with Gasteiger partial charge >= 0.3 is 0 Å². The highest BCUT2D eigenvalue weighted by molar-refractivity contribution is 5.41. The standard InChI is InChI=1S/C10H16N2O/c1-10(2,3)12(11)9(13)8-6-4-5-7-8/h4-7,13H,11H2,1-3H3. The van der Waals surface area contributed by atoms with Gasteiger partial charge in [0, 0.05) is 5.57 Å². The molecule has 0 saturated carbocycles. The van der Waals surface area contributed by atoms with Gasteiger partial charge in [-0.15, -0.1) is 0 Å². The van der Waals surface area contributed by atoms with Crippen LogP contribution < -0.4 is 5.84 Å². The maximum absolute atomic E-state index is 9.73. The third-order valence-electron chi connectivity index (χ3n) is 1.87. The Balaban J connectivity index is 2.90. The molecule has 1 aliphatic carbocycles. The number of aliphatic hydroxyl groups is 1. The number of allylic oxidation sites excluding steroid dienone is 5. The maximum atomic E-state index is 9.73. The molecule has 3 nitrogen and oxygen atoms in total. The normalized spacial score (nSPS) is 15.2. The minimum absolute atomic E-state index is 0.109. The lowest BCUT2D eigenvalue weighted by molar-refractivity contribution is 0.106. The van der Waals surface area contributed by atoms with Gasteiger partial charge < -0.3 is 5.11 Å². The molecule has 1 rings (SSSR count). The summed E-state index contributed by atoms with van der Waals surface area (Å²) in [5.74, 6) is 5.84. The predicted molar refractivity (Wildman–Crippen MR) is 53.7 cm³/mol. The molecular formula is C10H16N2O. The van der Waals surface area contributed by atoms with E-state index in [9.17, 15) is 5.11 Å². The second kappa shape index (κ2) is 3.26. The number of nitrogens with two attached hydrogens (primary N) is 1. The van der Waals surface area contributed by atoms with E-state index >= 15 is 0 Å². The Kier molecular flexibility index (Phi) is 2.48. The SMILES string of the molecule is CC(C)(C)N(N)C(O)=C1C=CC=C1. The van der Waals surface area contributed by atoms with Gasteiger partial charge in [0.05, 0.1) is 5.54 Å². The molecular weight excluding hydrogens is 164 g/mol. The molecule has 0 radical (unpaired) electrons. The van der Waals surface area contributed by atoms with Crippen LogP contribution in [0.25, 0.3) is 0 Å². The summed E-state index contributed by atoms with van der Waals surface area (Å²) < 4.78 is 0. The summed E-state index contributed by atoms with van der Waals surface area (Å²) in [4.78, 5) is 0. The molecule has 1 aliphatic rings. The van der Waals surface area contributed by atoms with Gasteiger partial charge in [0.15, 0.2) is 0 Å². The molecule has 0 spiro atoms. The van der Waals surface area contributed by atoms with Gasteiger partial charge in [0.25, 0.3) is 0 Å². The van der Waals surface area contributed by atoms with Crippen molar-refractivity contribution in [3.05, 3.63) is 35.8 Å². The Morgan fingerprint density at radius 2 is 1.77 bits per heavy atom. The molecule has 0 unspecified atom stereocenters. The third-order valence-corrected chi connectivity index (χ3v) is 1.87. The van der Waals surface area contributed by atoms with Crippen molar-refractivity contribution in [2.45, 2.75) is 26.3 Å². The van der Waals surface area contributed by atoms with Crippen LogP contribution in [-0.2, 0) is 0 Å². The number of nitrogens with zero attached hydrogens (tertiary/aromatic N) is 1. The van der Waals surface area contributed by atoms with Crippen LogP contribution in [0.3, 0.4) is 0 Å². The van der Waals surface area contributed by atoms with E-state index in [1.807, 2.05) is 45.1 Å². The van der Waals surface area contributed by atoms with Gasteiger partial charge in [-0.05, 0) is 32.9 Å². The van der Waals surface area contributed by atoms with E-state index in [-0.39, 0.29) is 11.4 Å². The first-order valence-electron chi connectivity index (χ1n) is 4.26. The molecule has 0 saturated heterocycles. The van der Waals surface area contributed by atoms with E-state index in [0.29, 0.717) is 0 Å². The van der Waals surface area contributed by atoms with Gasteiger partial charge in [-0.3, -0.25) is 5.01 Å². The highest BCUT2D eigenvalue weighted by atomic mass is 16.3. The largest absolute Gasteiger partial charge is 0.493 e. The quantitative estimate of drug-likeness (QED) is 0.368. The second-order valence-electron chi connectivity index (χ2n) is 4.04. The summed E-state index contributed by atoms with van der Waals surface area (Å²) in [7, 11) is 0. The zero-order valence-electron chi connectivity index (χ0n) is 8.28. The van der Waals surface area contributed by atoms with Crippen molar-refractivity contribution in [1.29, 1.82) is 0 Å². The van der Waals surface area contributed by atoms with E-state index in [4.69, 9.17) is 5.84 Å². The first-order chi connectivity index (χ1) is 5.93. The summed E-state index contributed by atoms with van der Waals surface area (Å²) in [6.07, 6.45) is 7.37.